The van der Waals surface area contributed by atoms with Crippen LogP contribution in [-0.4, -0.2) is 16.0 Å². The second-order valence-electron chi connectivity index (χ2n) is 2.88. The first-order valence-corrected chi connectivity index (χ1v) is 3.89. The van der Waals surface area contributed by atoms with Gasteiger partial charge in [0.05, 0.1) is 0 Å². The van der Waals surface area contributed by atoms with E-state index in [0.29, 0.717) is 17.7 Å². The van der Waals surface area contributed by atoms with Gasteiger partial charge >= 0.3 is 0 Å². The first kappa shape index (κ1) is 8.15. The summed E-state index contributed by atoms with van der Waals surface area (Å²) in [5.74, 6) is -0.562. The molecular formula is C8H9N3O2. The summed E-state index contributed by atoms with van der Waals surface area (Å²) in [7, 11) is 0. The molecule has 0 fully saturated rings. The standard InChI is InChI=1S/C8H9N3O2/c9-7(12)6-5-3-11-8(13)4(5)1-2-10-6/h1-2,8,11,13H,3H2,(H2,9,12). The van der Waals surface area contributed by atoms with Crippen LogP contribution in [0.5, 0.6) is 0 Å². The highest BCUT2D eigenvalue weighted by molar-refractivity contribution is 5.92. The number of amides is 1. The Balaban J connectivity index is 2.57. The van der Waals surface area contributed by atoms with Gasteiger partial charge in [-0.25, -0.2) is 0 Å². The third-order valence-corrected chi connectivity index (χ3v) is 2.09. The van der Waals surface area contributed by atoms with Crippen LogP contribution in [0.1, 0.15) is 27.8 Å². The average Bonchev–Trinajstić information content (AvgIpc) is 2.48. The minimum absolute atomic E-state index is 0.238. The predicted octanol–water partition coefficient (Wildman–Crippen LogP) is -0.725. The summed E-state index contributed by atoms with van der Waals surface area (Å²) in [5, 5.41) is 12.2. The third-order valence-electron chi connectivity index (χ3n) is 2.09. The number of fused-ring (bicyclic) bond motifs is 1. The van der Waals surface area contributed by atoms with Crippen molar-refractivity contribution in [3.05, 3.63) is 29.1 Å². The molecule has 0 radical (unpaired) electrons. The summed E-state index contributed by atoms with van der Waals surface area (Å²) in [6.07, 6.45) is 0.755. The molecule has 0 saturated carbocycles. The lowest BCUT2D eigenvalue weighted by atomic mass is 10.1. The number of aliphatic hydroxyl groups excluding tert-OH is 1. The van der Waals surface area contributed by atoms with Crippen molar-refractivity contribution in [3.63, 3.8) is 0 Å². The maximum absolute atomic E-state index is 10.9. The smallest absolute Gasteiger partial charge is 0.267 e. The van der Waals surface area contributed by atoms with E-state index in [1.54, 1.807) is 6.07 Å². The zero-order chi connectivity index (χ0) is 9.42. The van der Waals surface area contributed by atoms with Crippen LogP contribution in [0, 0.1) is 0 Å². The molecule has 0 aliphatic carbocycles. The van der Waals surface area contributed by atoms with Crippen molar-refractivity contribution in [2.75, 3.05) is 0 Å². The fourth-order valence-corrected chi connectivity index (χ4v) is 1.47. The monoisotopic (exact) mass is 179 g/mol. The molecule has 1 aliphatic heterocycles. The highest BCUT2D eigenvalue weighted by Crippen LogP contribution is 2.24. The van der Waals surface area contributed by atoms with Gasteiger partial charge in [-0.05, 0) is 6.07 Å². The van der Waals surface area contributed by atoms with Crippen molar-refractivity contribution in [2.24, 2.45) is 5.73 Å². The van der Waals surface area contributed by atoms with Gasteiger partial charge in [-0.1, -0.05) is 0 Å². The van der Waals surface area contributed by atoms with Gasteiger partial charge in [0.2, 0.25) is 0 Å². The van der Waals surface area contributed by atoms with Crippen LogP contribution in [0.25, 0.3) is 0 Å². The number of pyridine rings is 1. The van der Waals surface area contributed by atoms with E-state index >= 15 is 0 Å². The number of rotatable bonds is 1. The molecule has 1 aliphatic rings. The number of hydrogen-bond donors (Lipinski definition) is 3. The van der Waals surface area contributed by atoms with E-state index < -0.39 is 12.1 Å². The number of primary amides is 1. The second kappa shape index (κ2) is 2.79. The molecule has 1 unspecified atom stereocenters. The van der Waals surface area contributed by atoms with Gasteiger partial charge in [0.25, 0.3) is 5.91 Å². The molecule has 5 heteroatoms. The molecule has 5 nitrogen and oxygen atoms in total. The lowest BCUT2D eigenvalue weighted by Crippen LogP contribution is -2.16. The Bertz CT molecular complexity index is 364. The molecule has 1 atom stereocenters. The van der Waals surface area contributed by atoms with Gasteiger partial charge in [-0.15, -0.1) is 0 Å². The van der Waals surface area contributed by atoms with Crippen LogP contribution in [0.15, 0.2) is 12.3 Å². The Morgan fingerprint density at radius 3 is 3.23 bits per heavy atom. The number of carbonyl (C=O) groups is 1. The van der Waals surface area contributed by atoms with E-state index in [0.717, 1.165) is 0 Å². The topological polar surface area (TPSA) is 88.2 Å². The number of carbonyl (C=O) groups excluding carboxylic acids is 1. The van der Waals surface area contributed by atoms with Gasteiger partial charge in [0.1, 0.15) is 11.9 Å². The summed E-state index contributed by atoms with van der Waals surface area (Å²) >= 11 is 0. The number of aromatic nitrogens is 1. The number of hydrogen-bond acceptors (Lipinski definition) is 4. The molecule has 1 amide bonds. The Morgan fingerprint density at radius 2 is 2.54 bits per heavy atom. The minimum Gasteiger partial charge on any atom is -0.374 e. The number of nitrogens with one attached hydrogen (secondary N) is 1. The van der Waals surface area contributed by atoms with Crippen LogP contribution in [-0.2, 0) is 6.54 Å². The molecule has 0 spiro atoms. The molecule has 0 saturated heterocycles. The van der Waals surface area contributed by atoms with Gasteiger partial charge in [-0.2, -0.15) is 0 Å². The van der Waals surface area contributed by atoms with Crippen molar-refractivity contribution < 1.29 is 9.90 Å². The quantitative estimate of drug-likeness (QED) is 0.530. The van der Waals surface area contributed by atoms with Crippen LogP contribution in [0.2, 0.25) is 0 Å². The Hall–Kier alpha value is -1.46. The maximum atomic E-state index is 10.9. The lowest BCUT2D eigenvalue weighted by Gasteiger charge is -2.03. The van der Waals surface area contributed by atoms with Crippen molar-refractivity contribution in [1.82, 2.24) is 10.3 Å². The van der Waals surface area contributed by atoms with E-state index in [-0.39, 0.29) is 5.69 Å². The number of aliphatic hydroxyl groups is 1. The average molecular weight is 179 g/mol. The molecule has 2 rings (SSSR count). The summed E-state index contributed by atoms with van der Waals surface area (Å²) in [6, 6.07) is 1.67. The Labute approximate surface area is 74.6 Å². The molecule has 0 bridgehead atoms. The summed E-state index contributed by atoms with van der Waals surface area (Å²) in [4.78, 5) is 14.8. The highest BCUT2D eigenvalue weighted by atomic mass is 16.3. The Kier molecular flexibility index (Phi) is 1.75. The SMILES string of the molecule is NC(=O)c1nccc2c1CNC2O. The zero-order valence-electron chi connectivity index (χ0n) is 6.82. The van der Waals surface area contributed by atoms with Gasteiger partial charge in [0, 0.05) is 23.9 Å². The van der Waals surface area contributed by atoms with Crippen molar-refractivity contribution in [2.45, 2.75) is 12.8 Å². The highest BCUT2D eigenvalue weighted by Gasteiger charge is 2.24. The van der Waals surface area contributed by atoms with Crippen LogP contribution < -0.4 is 11.1 Å². The van der Waals surface area contributed by atoms with E-state index in [9.17, 15) is 9.90 Å². The lowest BCUT2D eigenvalue weighted by molar-refractivity contribution is 0.0994. The molecule has 68 valence electrons. The van der Waals surface area contributed by atoms with Crippen LogP contribution in [0.4, 0.5) is 0 Å². The normalized spacial score (nSPS) is 19.9. The van der Waals surface area contributed by atoms with Crippen molar-refractivity contribution in [3.8, 4) is 0 Å². The van der Waals surface area contributed by atoms with Gasteiger partial charge in [-0.3, -0.25) is 15.1 Å². The molecular weight excluding hydrogens is 170 g/mol. The van der Waals surface area contributed by atoms with Gasteiger partial charge < -0.3 is 10.8 Å². The Morgan fingerprint density at radius 1 is 1.77 bits per heavy atom. The summed E-state index contributed by atoms with van der Waals surface area (Å²) in [6.45, 7) is 0.433. The first-order valence-electron chi connectivity index (χ1n) is 3.89. The van der Waals surface area contributed by atoms with E-state index in [4.69, 9.17) is 5.73 Å². The summed E-state index contributed by atoms with van der Waals surface area (Å²) in [5.41, 5.74) is 6.74. The fraction of sp³-hybridized carbons (Fsp3) is 0.250. The predicted molar refractivity (Wildman–Crippen MR) is 44.6 cm³/mol. The third kappa shape index (κ3) is 1.18. The van der Waals surface area contributed by atoms with E-state index in [1.165, 1.54) is 6.20 Å². The fourth-order valence-electron chi connectivity index (χ4n) is 1.47. The van der Waals surface area contributed by atoms with Crippen LogP contribution in [0.3, 0.4) is 0 Å². The van der Waals surface area contributed by atoms with Gasteiger partial charge in [0.15, 0.2) is 0 Å². The number of nitrogens with zero attached hydrogens (tertiary/aromatic N) is 1. The van der Waals surface area contributed by atoms with Crippen molar-refractivity contribution >= 4 is 5.91 Å². The summed E-state index contributed by atoms with van der Waals surface area (Å²) < 4.78 is 0. The molecule has 4 N–H and O–H groups in total. The first-order chi connectivity index (χ1) is 6.20. The zero-order valence-corrected chi connectivity index (χ0v) is 6.82. The molecule has 1 aromatic heterocycles. The van der Waals surface area contributed by atoms with E-state index in [1.807, 2.05) is 0 Å². The molecule has 2 heterocycles. The molecule has 0 aromatic carbocycles. The number of nitrogens with two attached hydrogens (primary N) is 1. The molecule has 13 heavy (non-hydrogen) atoms. The molecule has 1 aromatic rings. The van der Waals surface area contributed by atoms with E-state index in [2.05, 4.69) is 10.3 Å². The maximum Gasteiger partial charge on any atom is 0.267 e. The second-order valence-corrected chi connectivity index (χ2v) is 2.88. The van der Waals surface area contributed by atoms with Crippen LogP contribution >= 0.6 is 0 Å². The van der Waals surface area contributed by atoms with Crippen molar-refractivity contribution in [1.29, 1.82) is 0 Å². The largest absolute Gasteiger partial charge is 0.374 e. The minimum atomic E-state index is -0.712.